The zero-order valence-electron chi connectivity index (χ0n) is 16.6. The van der Waals surface area contributed by atoms with Crippen LogP contribution < -0.4 is 19.5 Å². The Bertz CT molecular complexity index is 900. The molecule has 8 heteroatoms. The number of amides is 1. The van der Waals surface area contributed by atoms with Gasteiger partial charge in [0.25, 0.3) is 5.91 Å². The van der Waals surface area contributed by atoms with Gasteiger partial charge in [-0.3, -0.25) is 4.79 Å². The molecule has 0 bridgehead atoms. The highest BCUT2D eigenvalue weighted by molar-refractivity contribution is 9.10. The Morgan fingerprint density at radius 1 is 1.03 bits per heavy atom. The van der Waals surface area contributed by atoms with Crippen LogP contribution in [0.3, 0.4) is 0 Å². The van der Waals surface area contributed by atoms with Crippen LogP contribution in [-0.4, -0.2) is 39.8 Å². The number of carbonyl (C=O) groups excluding carboxylic acids is 2. The number of benzene rings is 2. The van der Waals surface area contributed by atoms with E-state index in [4.69, 9.17) is 18.9 Å². The molecular formula is C21H22BrNO6. The number of esters is 1. The third-order valence-electron chi connectivity index (χ3n) is 3.84. The van der Waals surface area contributed by atoms with Crippen molar-refractivity contribution in [3.63, 3.8) is 0 Å². The van der Waals surface area contributed by atoms with Gasteiger partial charge in [0.1, 0.15) is 0 Å². The van der Waals surface area contributed by atoms with E-state index >= 15 is 0 Å². The SMILES string of the molecule is COc1cc(C=CC(=O)OCC(=O)Nc2ccc(C)cc2Br)cc(OC)c1OC. The molecule has 154 valence electrons. The largest absolute Gasteiger partial charge is 0.493 e. The molecule has 0 saturated carbocycles. The number of halogens is 1. The molecule has 0 aliphatic carbocycles. The average Bonchev–Trinajstić information content (AvgIpc) is 2.71. The molecule has 2 aromatic carbocycles. The summed E-state index contributed by atoms with van der Waals surface area (Å²) >= 11 is 3.38. The number of hydrogen-bond donors (Lipinski definition) is 1. The van der Waals surface area contributed by atoms with Crippen molar-refractivity contribution in [3.8, 4) is 17.2 Å². The van der Waals surface area contributed by atoms with Gasteiger partial charge in [-0.1, -0.05) is 6.07 Å². The first-order chi connectivity index (χ1) is 13.9. The fourth-order valence-electron chi connectivity index (χ4n) is 2.45. The van der Waals surface area contributed by atoms with E-state index in [1.807, 2.05) is 19.1 Å². The number of anilines is 1. The summed E-state index contributed by atoms with van der Waals surface area (Å²) < 4.78 is 21.5. The lowest BCUT2D eigenvalue weighted by Crippen LogP contribution is -2.20. The standard InChI is InChI=1S/C21H22BrNO6/c1-13-5-7-16(15(22)9-13)23-19(24)12-29-20(25)8-6-14-10-17(26-2)21(28-4)18(11-14)27-3/h5-11H,12H2,1-4H3,(H,23,24). The highest BCUT2D eigenvalue weighted by atomic mass is 79.9. The van der Waals surface area contributed by atoms with Gasteiger partial charge in [-0.25, -0.2) is 4.79 Å². The summed E-state index contributed by atoms with van der Waals surface area (Å²) in [6, 6.07) is 8.89. The van der Waals surface area contributed by atoms with Crippen LogP contribution in [0.2, 0.25) is 0 Å². The van der Waals surface area contributed by atoms with E-state index in [1.165, 1.54) is 33.5 Å². The van der Waals surface area contributed by atoms with Gasteiger partial charge in [-0.05, 0) is 64.3 Å². The fraction of sp³-hybridized carbons (Fsp3) is 0.238. The van der Waals surface area contributed by atoms with E-state index in [1.54, 1.807) is 18.2 Å². The van der Waals surface area contributed by atoms with Crippen LogP contribution >= 0.6 is 15.9 Å². The molecule has 0 unspecified atom stereocenters. The topological polar surface area (TPSA) is 83.1 Å². The number of methoxy groups -OCH3 is 3. The minimum atomic E-state index is -0.656. The maximum atomic E-state index is 12.0. The quantitative estimate of drug-likeness (QED) is 0.470. The molecule has 0 aliphatic rings. The van der Waals surface area contributed by atoms with E-state index in [9.17, 15) is 9.59 Å². The van der Waals surface area contributed by atoms with Gasteiger partial charge in [0.15, 0.2) is 18.1 Å². The number of nitrogens with one attached hydrogen (secondary N) is 1. The van der Waals surface area contributed by atoms with Gasteiger partial charge < -0.3 is 24.3 Å². The van der Waals surface area contributed by atoms with Crippen molar-refractivity contribution in [2.45, 2.75) is 6.92 Å². The van der Waals surface area contributed by atoms with E-state index < -0.39 is 18.5 Å². The normalized spacial score (nSPS) is 10.5. The van der Waals surface area contributed by atoms with Crippen molar-refractivity contribution >= 4 is 39.6 Å². The predicted molar refractivity (Wildman–Crippen MR) is 114 cm³/mol. The van der Waals surface area contributed by atoms with Crippen molar-refractivity contribution in [2.75, 3.05) is 33.3 Å². The van der Waals surface area contributed by atoms with Crippen LogP contribution in [0.25, 0.3) is 6.08 Å². The number of hydrogen-bond acceptors (Lipinski definition) is 6. The molecule has 0 atom stereocenters. The smallest absolute Gasteiger partial charge is 0.331 e. The molecule has 0 aliphatic heterocycles. The van der Waals surface area contributed by atoms with Gasteiger partial charge >= 0.3 is 5.97 Å². The molecule has 2 rings (SSSR count). The highest BCUT2D eigenvalue weighted by Gasteiger charge is 2.12. The fourth-order valence-corrected chi connectivity index (χ4v) is 3.05. The Morgan fingerprint density at radius 2 is 1.69 bits per heavy atom. The number of carbonyl (C=O) groups is 2. The van der Waals surface area contributed by atoms with E-state index in [-0.39, 0.29) is 0 Å². The summed E-state index contributed by atoms with van der Waals surface area (Å²) in [5, 5.41) is 2.68. The van der Waals surface area contributed by atoms with Crippen LogP contribution in [0.1, 0.15) is 11.1 Å². The molecule has 1 N–H and O–H groups in total. The van der Waals surface area contributed by atoms with Crippen molar-refractivity contribution in [3.05, 3.63) is 52.0 Å². The van der Waals surface area contributed by atoms with Gasteiger partial charge in [-0.15, -0.1) is 0 Å². The van der Waals surface area contributed by atoms with Gasteiger partial charge in [0.05, 0.1) is 27.0 Å². The zero-order chi connectivity index (χ0) is 21.4. The number of ether oxygens (including phenoxy) is 4. The maximum absolute atomic E-state index is 12.0. The van der Waals surface area contributed by atoms with Gasteiger partial charge in [0.2, 0.25) is 5.75 Å². The Kier molecular flexibility index (Phi) is 8.09. The second kappa shape index (κ2) is 10.5. The molecule has 0 spiro atoms. The maximum Gasteiger partial charge on any atom is 0.331 e. The monoisotopic (exact) mass is 463 g/mol. The molecular weight excluding hydrogens is 442 g/mol. The summed E-state index contributed by atoms with van der Waals surface area (Å²) in [6.45, 7) is 1.54. The van der Waals surface area contributed by atoms with Crippen LogP contribution in [0.4, 0.5) is 5.69 Å². The average molecular weight is 464 g/mol. The lowest BCUT2D eigenvalue weighted by molar-refractivity contribution is -0.142. The van der Waals surface area contributed by atoms with Gasteiger partial charge in [0, 0.05) is 10.5 Å². The second-order valence-electron chi connectivity index (χ2n) is 5.93. The van der Waals surface area contributed by atoms with Crippen molar-refractivity contribution in [2.24, 2.45) is 0 Å². The first-order valence-corrected chi connectivity index (χ1v) is 9.38. The molecule has 7 nitrogen and oxygen atoms in total. The van der Waals surface area contributed by atoms with Crippen LogP contribution in [0.15, 0.2) is 40.9 Å². The van der Waals surface area contributed by atoms with Crippen molar-refractivity contribution in [1.29, 1.82) is 0 Å². The molecule has 2 aromatic rings. The first kappa shape index (κ1) is 22.3. The third kappa shape index (κ3) is 6.25. The Hall–Kier alpha value is -3.00. The van der Waals surface area contributed by atoms with Crippen LogP contribution in [0.5, 0.6) is 17.2 Å². The van der Waals surface area contributed by atoms with E-state index in [0.29, 0.717) is 28.5 Å². The molecule has 0 saturated heterocycles. The van der Waals surface area contributed by atoms with Gasteiger partial charge in [-0.2, -0.15) is 0 Å². The van der Waals surface area contributed by atoms with E-state index in [0.717, 1.165) is 10.0 Å². The molecule has 29 heavy (non-hydrogen) atoms. The minimum absolute atomic E-state index is 0.404. The molecule has 1 amide bonds. The molecule has 0 radical (unpaired) electrons. The molecule has 0 aromatic heterocycles. The highest BCUT2D eigenvalue weighted by Crippen LogP contribution is 2.38. The van der Waals surface area contributed by atoms with Crippen molar-refractivity contribution in [1.82, 2.24) is 0 Å². The second-order valence-corrected chi connectivity index (χ2v) is 6.79. The van der Waals surface area contributed by atoms with Crippen LogP contribution in [-0.2, 0) is 14.3 Å². The molecule has 0 fully saturated rings. The number of aryl methyl sites for hydroxylation is 1. The first-order valence-electron chi connectivity index (χ1n) is 8.58. The number of rotatable bonds is 8. The summed E-state index contributed by atoms with van der Waals surface area (Å²) in [4.78, 5) is 23.9. The lowest BCUT2D eigenvalue weighted by Gasteiger charge is -2.12. The minimum Gasteiger partial charge on any atom is -0.493 e. The summed E-state index contributed by atoms with van der Waals surface area (Å²) in [5.41, 5.74) is 2.30. The lowest BCUT2D eigenvalue weighted by atomic mass is 10.1. The molecule has 0 heterocycles. The third-order valence-corrected chi connectivity index (χ3v) is 4.50. The van der Waals surface area contributed by atoms with Crippen molar-refractivity contribution < 1.29 is 28.5 Å². The summed E-state index contributed by atoms with van der Waals surface area (Å²) in [7, 11) is 4.52. The predicted octanol–water partition coefficient (Wildman–Crippen LogP) is 3.98. The Balaban J connectivity index is 1.96. The Morgan fingerprint density at radius 3 is 2.24 bits per heavy atom. The van der Waals surface area contributed by atoms with E-state index in [2.05, 4.69) is 21.2 Å². The summed E-state index contributed by atoms with van der Waals surface area (Å²) in [5.74, 6) is 0.278. The van der Waals surface area contributed by atoms with Crippen LogP contribution in [0, 0.1) is 6.92 Å². The Labute approximate surface area is 177 Å². The zero-order valence-corrected chi connectivity index (χ0v) is 18.2. The summed E-state index contributed by atoms with van der Waals surface area (Å²) in [6.07, 6.45) is 2.75.